The first kappa shape index (κ1) is 17.4. The van der Waals surface area contributed by atoms with Gasteiger partial charge in [0.05, 0.1) is 20.2 Å². The van der Waals surface area contributed by atoms with Crippen molar-refractivity contribution in [1.82, 2.24) is 0 Å². The van der Waals surface area contributed by atoms with Gasteiger partial charge in [-0.3, -0.25) is 0 Å². The van der Waals surface area contributed by atoms with E-state index in [1.807, 2.05) is 0 Å². The minimum absolute atomic E-state index is 0. The van der Waals surface area contributed by atoms with Gasteiger partial charge in [-0.15, -0.1) is 0 Å². The summed E-state index contributed by atoms with van der Waals surface area (Å²) >= 11 is 0. The molecule has 6 nitrogen and oxygen atoms in total. The second-order valence-electron chi connectivity index (χ2n) is 1.41. The second-order valence-corrected chi connectivity index (χ2v) is 4.22. The maximum atomic E-state index is 9.08. The second kappa shape index (κ2) is 5.90. The average molecular weight is 249 g/mol. The van der Waals surface area contributed by atoms with Crippen LogP contribution < -0.4 is 0 Å². The van der Waals surface area contributed by atoms with Gasteiger partial charge in [-0.2, -0.15) is 0 Å². The molecule has 0 bridgehead atoms. The number of hydrogen-bond acceptors (Lipinski definition) is 6. The Morgan fingerprint density at radius 3 is 0.818 bits per heavy atom. The first-order valence-corrected chi connectivity index (χ1v) is 5.45. The van der Waals surface area contributed by atoms with Gasteiger partial charge in [0, 0.05) is 12.5 Å². The maximum Gasteiger partial charge on any atom is 2.00 e. The molecular weight excluding hydrogens is 243 g/mol. The molecule has 0 radical (unpaired) electrons. The fraction of sp³-hybridized carbons (Fsp3) is 1.00. The van der Waals surface area contributed by atoms with E-state index < -0.39 is 20.2 Å². The van der Waals surface area contributed by atoms with Gasteiger partial charge in [-0.25, -0.2) is 16.8 Å². The van der Waals surface area contributed by atoms with Crippen molar-refractivity contribution >= 4 is 20.2 Å². The van der Waals surface area contributed by atoms with Crippen molar-refractivity contribution < 1.29 is 42.4 Å². The van der Waals surface area contributed by atoms with Gasteiger partial charge in [0.25, 0.3) is 0 Å². The molecule has 0 aromatic carbocycles. The first-order chi connectivity index (χ1) is 4.00. The normalized spacial score (nSPS) is 10.5. The standard InChI is InChI=1S/2CH4O3S.Ni/c2*1-5(2,3)4;/h2*1H3,(H,2,3,4);/q;;+2/p-2. The average Bonchev–Trinajstić information content (AvgIpc) is 1.12. The van der Waals surface area contributed by atoms with E-state index in [9.17, 15) is 0 Å². The van der Waals surface area contributed by atoms with Crippen molar-refractivity contribution in [1.29, 1.82) is 0 Å². The van der Waals surface area contributed by atoms with Crippen LogP contribution in [0.3, 0.4) is 0 Å². The predicted molar refractivity (Wildman–Crippen MR) is 31.2 cm³/mol. The van der Waals surface area contributed by atoms with E-state index in [0.717, 1.165) is 0 Å². The fourth-order valence-electron chi connectivity index (χ4n) is 0. The van der Waals surface area contributed by atoms with Gasteiger partial charge in [0.2, 0.25) is 0 Å². The third-order valence-corrected chi connectivity index (χ3v) is 0. The quantitative estimate of drug-likeness (QED) is 0.374. The fourth-order valence-corrected chi connectivity index (χ4v) is 0. The Bertz CT molecular complexity index is 215. The van der Waals surface area contributed by atoms with Crippen molar-refractivity contribution in [3.05, 3.63) is 0 Å². The zero-order chi connectivity index (χ0) is 9.00. The molecule has 0 fully saturated rings. The summed E-state index contributed by atoms with van der Waals surface area (Å²) in [4.78, 5) is 0. The summed E-state index contributed by atoms with van der Waals surface area (Å²) in [5, 5.41) is 0. The van der Waals surface area contributed by atoms with E-state index >= 15 is 0 Å². The van der Waals surface area contributed by atoms with Crippen LogP contribution >= 0.6 is 0 Å². The zero-order valence-corrected chi connectivity index (χ0v) is 8.20. The molecule has 0 atom stereocenters. The Balaban J connectivity index is -0.000000107. The molecule has 0 aliphatic rings. The van der Waals surface area contributed by atoms with E-state index in [-0.39, 0.29) is 16.5 Å². The number of hydrogen-bond donors (Lipinski definition) is 0. The molecule has 0 saturated heterocycles. The van der Waals surface area contributed by atoms with Gasteiger partial charge in [-0.05, 0) is 0 Å². The van der Waals surface area contributed by atoms with E-state index in [1.54, 1.807) is 0 Å². The molecule has 0 aromatic heterocycles. The van der Waals surface area contributed by atoms with Crippen LogP contribution in [0.5, 0.6) is 0 Å². The molecule has 0 aliphatic heterocycles. The van der Waals surface area contributed by atoms with Gasteiger partial charge >= 0.3 is 16.5 Å². The molecule has 72 valence electrons. The molecule has 0 aromatic rings. The van der Waals surface area contributed by atoms with Crippen molar-refractivity contribution in [3.63, 3.8) is 0 Å². The topological polar surface area (TPSA) is 114 Å². The zero-order valence-electron chi connectivity index (χ0n) is 5.58. The smallest absolute Gasteiger partial charge is 0.748 e. The Morgan fingerprint density at radius 2 is 0.818 bits per heavy atom. The SMILES string of the molecule is CS(=O)(=O)[O-].CS(=O)(=O)[O-].[Ni+2]. The van der Waals surface area contributed by atoms with Crippen LogP contribution in [-0.4, -0.2) is 38.5 Å². The summed E-state index contributed by atoms with van der Waals surface area (Å²) in [6.07, 6.45) is 1.21. The third-order valence-electron chi connectivity index (χ3n) is 0. The molecular formula is C2H6NiO6S2. The predicted octanol–water partition coefficient (Wildman–Crippen LogP) is -1.68. The molecule has 0 saturated carbocycles. The van der Waals surface area contributed by atoms with Crippen molar-refractivity contribution in [2.75, 3.05) is 12.5 Å². The first-order valence-electron chi connectivity index (χ1n) is 1.82. The summed E-state index contributed by atoms with van der Waals surface area (Å²) in [5.41, 5.74) is 0. The molecule has 9 heteroatoms. The molecule has 0 amide bonds. The minimum Gasteiger partial charge on any atom is -0.748 e. The summed E-state index contributed by atoms with van der Waals surface area (Å²) < 4.78 is 54.5. The van der Waals surface area contributed by atoms with Crippen LogP contribution in [0.1, 0.15) is 0 Å². The Kier molecular flexibility index (Phi) is 9.34. The van der Waals surface area contributed by atoms with Crippen molar-refractivity contribution in [2.24, 2.45) is 0 Å². The van der Waals surface area contributed by atoms with Gasteiger partial charge in [0.15, 0.2) is 0 Å². The summed E-state index contributed by atoms with van der Waals surface area (Å²) in [6, 6.07) is 0. The van der Waals surface area contributed by atoms with E-state index in [2.05, 4.69) is 0 Å². The minimum atomic E-state index is -3.92. The van der Waals surface area contributed by atoms with Gasteiger partial charge < -0.3 is 9.11 Å². The number of rotatable bonds is 0. The van der Waals surface area contributed by atoms with E-state index in [4.69, 9.17) is 25.9 Å². The van der Waals surface area contributed by atoms with E-state index in [0.29, 0.717) is 12.5 Å². The third kappa shape index (κ3) is 7250. The van der Waals surface area contributed by atoms with Crippen molar-refractivity contribution in [2.45, 2.75) is 0 Å². The summed E-state index contributed by atoms with van der Waals surface area (Å²) in [7, 11) is -7.83. The van der Waals surface area contributed by atoms with E-state index in [1.165, 1.54) is 0 Å². The molecule has 0 heterocycles. The largest absolute Gasteiger partial charge is 2.00 e. The molecule has 11 heavy (non-hydrogen) atoms. The van der Waals surface area contributed by atoms with Crippen LogP contribution in [0, 0.1) is 0 Å². The molecule has 0 spiro atoms. The maximum absolute atomic E-state index is 9.08. The molecule has 0 unspecified atom stereocenters. The van der Waals surface area contributed by atoms with Crippen molar-refractivity contribution in [3.8, 4) is 0 Å². The summed E-state index contributed by atoms with van der Waals surface area (Å²) in [6.45, 7) is 0. The monoisotopic (exact) mass is 248 g/mol. The molecule has 0 N–H and O–H groups in total. The van der Waals surface area contributed by atoms with Gasteiger partial charge in [-0.1, -0.05) is 0 Å². The molecule has 0 aliphatic carbocycles. The Morgan fingerprint density at radius 1 is 0.818 bits per heavy atom. The summed E-state index contributed by atoms with van der Waals surface area (Å²) in [5.74, 6) is 0. The van der Waals surface area contributed by atoms with Crippen LogP contribution in [0.2, 0.25) is 0 Å². The Hall–Kier alpha value is 0.314. The van der Waals surface area contributed by atoms with Gasteiger partial charge in [0.1, 0.15) is 0 Å². The van der Waals surface area contributed by atoms with Crippen LogP contribution in [0.4, 0.5) is 0 Å². The van der Waals surface area contributed by atoms with Crippen LogP contribution in [0.25, 0.3) is 0 Å². The van der Waals surface area contributed by atoms with Crippen LogP contribution in [0.15, 0.2) is 0 Å². The van der Waals surface area contributed by atoms with Crippen LogP contribution in [-0.2, 0) is 36.7 Å². The molecule has 0 rings (SSSR count). The Labute approximate surface area is 75.4 Å².